The zero-order valence-electron chi connectivity index (χ0n) is 17.9. The molecule has 0 nitrogen and oxygen atoms in total. The molecule has 0 aromatic heterocycles. The molecule has 4 heteroatoms. The van der Waals surface area contributed by atoms with Gasteiger partial charge in [0.1, 0.15) is 11.5 Å². The number of rotatable bonds is 8. The van der Waals surface area contributed by atoms with Crippen LogP contribution in [-0.4, -0.2) is 22.2 Å². The van der Waals surface area contributed by atoms with E-state index in [-0.39, 0.29) is 21.8 Å². The molecule has 0 spiro atoms. The molecule has 0 aliphatic rings. The van der Waals surface area contributed by atoms with E-state index in [0.717, 1.165) is 22.2 Å². The molecule has 0 atom stereocenters. The summed E-state index contributed by atoms with van der Waals surface area (Å²) in [4.78, 5) is 5.70. The minimum atomic E-state index is 0.202. The van der Waals surface area contributed by atoms with Gasteiger partial charge in [-0.05, 0) is 48.5 Å². The number of halogens is 2. The van der Waals surface area contributed by atoms with Gasteiger partial charge in [0.15, 0.2) is 19.6 Å². The van der Waals surface area contributed by atoms with Crippen molar-refractivity contribution < 1.29 is 0 Å². The Morgan fingerprint density at radius 1 is 0.375 bits per heavy atom. The van der Waals surface area contributed by atoms with Crippen molar-refractivity contribution in [3.8, 4) is 0 Å². The normalized spacial score (nSPS) is 10.6. The van der Waals surface area contributed by atoms with Crippen LogP contribution in [0, 0.1) is 0 Å². The lowest BCUT2D eigenvalue weighted by Gasteiger charge is -2.05. The van der Waals surface area contributed by atoms with Gasteiger partial charge in [0, 0.05) is 10.7 Å². The first kappa shape index (κ1) is 25.2. The zero-order chi connectivity index (χ0) is 22.4. The van der Waals surface area contributed by atoms with Gasteiger partial charge in [0.05, 0.1) is 21.8 Å². The fourth-order valence-electron chi connectivity index (χ4n) is 3.24. The van der Waals surface area contributed by atoms with Crippen LogP contribution >= 0.6 is 31.9 Å². The molecule has 0 aliphatic heterocycles. The van der Waals surface area contributed by atoms with Crippen molar-refractivity contribution in [1.82, 2.24) is 0 Å². The molecule has 0 saturated heterocycles. The molecule has 0 unspecified atom stereocenters. The Bertz CT molecular complexity index is 833. The predicted octanol–water partition coefficient (Wildman–Crippen LogP) is 8.24. The van der Waals surface area contributed by atoms with Gasteiger partial charge < -0.3 is 0 Å². The zero-order valence-corrected chi connectivity index (χ0v) is 22.8. The smallest absolute Gasteiger partial charge is 0.0877 e. The van der Waals surface area contributed by atoms with Crippen molar-refractivity contribution in [3.05, 3.63) is 121 Å². The minimum absolute atomic E-state index is 0.202. The topological polar surface area (TPSA) is 0 Å². The molecular weight excluding hydrogens is 560 g/mol. The summed E-state index contributed by atoms with van der Waals surface area (Å²) in [6.45, 7) is 0. The van der Waals surface area contributed by atoms with E-state index in [1.807, 2.05) is 0 Å². The van der Waals surface area contributed by atoms with Gasteiger partial charge in [-0.3, -0.25) is 0 Å². The average Bonchev–Trinajstić information content (AvgIpc) is 2.88. The Balaban J connectivity index is 0.000000181. The highest BCUT2D eigenvalue weighted by atomic mass is 79.9. The van der Waals surface area contributed by atoms with Crippen molar-refractivity contribution in [2.45, 2.75) is 19.6 Å². The highest BCUT2D eigenvalue weighted by molar-refractivity contribution is 9.09. The quantitative estimate of drug-likeness (QED) is 0.144. The molecule has 0 saturated carbocycles. The summed E-state index contributed by atoms with van der Waals surface area (Å²) in [6.07, 6.45) is 0. The van der Waals surface area contributed by atoms with Gasteiger partial charge in [-0.25, -0.2) is 0 Å². The maximum absolute atomic E-state index is 3.55. The Hall–Kier alpha value is -1.46. The summed E-state index contributed by atoms with van der Waals surface area (Å²) in [5.74, 6) is 2.32. The molecule has 0 radical (unpaired) electrons. The SMILES string of the molecule is BrCC[S+](c1ccccc1)c1ccccc1.BrCC[S+](c1ccccc1)c1ccccc1. The van der Waals surface area contributed by atoms with E-state index in [9.17, 15) is 0 Å². The van der Waals surface area contributed by atoms with Gasteiger partial charge in [-0.1, -0.05) is 105 Å². The summed E-state index contributed by atoms with van der Waals surface area (Å²) < 4.78 is 0. The minimum Gasteiger partial charge on any atom is -0.0877 e. The van der Waals surface area contributed by atoms with E-state index in [1.54, 1.807) is 0 Å². The Morgan fingerprint density at radius 2 is 0.594 bits per heavy atom. The van der Waals surface area contributed by atoms with Crippen molar-refractivity contribution in [1.29, 1.82) is 0 Å². The van der Waals surface area contributed by atoms with Crippen LogP contribution in [0.15, 0.2) is 141 Å². The Kier molecular flexibility index (Phi) is 11.5. The highest BCUT2D eigenvalue weighted by Crippen LogP contribution is 2.24. The summed E-state index contributed by atoms with van der Waals surface area (Å²) in [6, 6.07) is 43.0. The van der Waals surface area contributed by atoms with E-state index in [0.29, 0.717) is 0 Å². The maximum Gasteiger partial charge on any atom is 0.160 e. The van der Waals surface area contributed by atoms with Gasteiger partial charge >= 0.3 is 0 Å². The standard InChI is InChI=1S/2C14H14BrS/c2*15-11-12-16(13-7-3-1-4-8-13)14-9-5-2-6-10-14/h2*1-10H,11-12H2/q2*+1. The first-order chi connectivity index (χ1) is 15.8. The molecule has 0 amide bonds. The first-order valence-corrected chi connectivity index (χ1v) is 15.6. The number of benzene rings is 4. The number of hydrogen-bond acceptors (Lipinski definition) is 0. The van der Waals surface area contributed by atoms with Gasteiger partial charge in [0.25, 0.3) is 0 Å². The fraction of sp³-hybridized carbons (Fsp3) is 0.143. The summed E-state index contributed by atoms with van der Waals surface area (Å²) >= 11 is 7.10. The second kappa shape index (κ2) is 14.6. The van der Waals surface area contributed by atoms with E-state index < -0.39 is 0 Å². The molecule has 32 heavy (non-hydrogen) atoms. The van der Waals surface area contributed by atoms with E-state index >= 15 is 0 Å². The van der Waals surface area contributed by atoms with E-state index in [2.05, 4.69) is 153 Å². The van der Waals surface area contributed by atoms with Crippen molar-refractivity contribution in [2.24, 2.45) is 0 Å². The predicted molar refractivity (Wildman–Crippen MR) is 151 cm³/mol. The Morgan fingerprint density at radius 3 is 0.781 bits per heavy atom. The molecule has 0 bridgehead atoms. The van der Waals surface area contributed by atoms with Crippen LogP contribution < -0.4 is 0 Å². The monoisotopic (exact) mass is 586 g/mol. The van der Waals surface area contributed by atoms with Crippen LogP contribution in [0.3, 0.4) is 0 Å². The third-order valence-corrected chi connectivity index (χ3v) is 11.1. The van der Waals surface area contributed by atoms with Crippen LogP contribution in [0.5, 0.6) is 0 Å². The molecule has 0 heterocycles. The molecule has 4 aromatic carbocycles. The van der Waals surface area contributed by atoms with Crippen LogP contribution in [0.2, 0.25) is 0 Å². The molecule has 4 rings (SSSR count). The van der Waals surface area contributed by atoms with Crippen molar-refractivity contribution in [2.75, 3.05) is 22.2 Å². The lowest BCUT2D eigenvalue weighted by molar-refractivity contribution is 1.34. The van der Waals surface area contributed by atoms with Gasteiger partial charge in [-0.15, -0.1) is 0 Å². The van der Waals surface area contributed by atoms with Crippen LogP contribution in [0.1, 0.15) is 0 Å². The van der Waals surface area contributed by atoms with E-state index in [4.69, 9.17) is 0 Å². The summed E-state index contributed by atoms with van der Waals surface area (Å²) in [7, 11) is 0.404. The first-order valence-electron chi connectivity index (χ1n) is 10.6. The van der Waals surface area contributed by atoms with E-state index in [1.165, 1.54) is 19.6 Å². The summed E-state index contributed by atoms with van der Waals surface area (Å²) in [5.41, 5.74) is 0. The Labute approximate surface area is 215 Å². The highest BCUT2D eigenvalue weighted by Gasteiger charge is 2.24. The van der Waals surface area contributed by atoms with Gasteiger partial charge in [0.2, 0.25) is 0 Å². The molecule has 4 aromatic rings. The van der Waals surface area contributed by atoms with Crippen LogP contribution in [-0.2, 0) is 21.8 Å². The second-order valence-corrected chi connectivity index (χ2v) is 12.7. The van der Waals surface area contributed by atoms with Crippen molar-refractivity contribution >= 4 is 53.6 Å². The maximum atomic E-state index is 3.55. The third-order valence-electron chi connectivity index (χ3n) is 4.67. The lowest BCUT2D eigenvalue weighted by atomic mass is 10.4. The molecule has 0 N–H and O–H groups in total. The largest absolute Gasteiger partial charge is 0.160 e. The fourth-order valence-corrected chi connectivity index (χ4v) is 8.92. The molecular formula is C28H28Br2S2+2. The van der Waals surface area contributed by atoms with Crippen LogP contribution in [0.4, 0.5) is 0 Å². The molecule has 0 fully saturated rings. The number of alkyl halides is 2. The van der Waals surface area contributed by atoms with Gasteiger partial charge in [-0.2, -0.15) is 0 Å². The number of hydrogen-bond donors (Lipinski definition) is 0. The van der Waals surface area contributed by atoms with Crippen LogP contribution in [0.25, 0.3) is 0 Å². The third kappa shape index (κ3) is 7.84. The van der Waals surface area contributed by atoms with Crippen molar-refractivity contribution in [3.63, 3.8) is 0 Å². The molecule has 0 aliphatic carbocycles. The summed E-state index contributed by atoms with van der Waals surface area (Å²) in [5, 5.41) is 2.08. The average molecular weight is 588 g/mol. The lowest BCUT2D eigenvalue weighted by Crippen LogP contribution is -2.09. The molecule has 164 valence electrons. The second-order valence-electron chi connectivity index (χ2n) is 6.82.